The van der Waals surface area contributed by atoms with Crippen LogP contribution in [0.1, 0.15) is 51.9 Å². The van der Waals surface area contributed by atoms with Crippen LogP contribution in [0.3, 0.4) is 0 Å². The van der Waals surface area contributed by atoms with E-state index in [1.807, 2.05) is 0 Å². The van der Waals surface area contributed by atoms with Gasteiger partial charge in [0, 0.05) is 52.1 Å². The minimum atomic E-state index is -1.10. The first-order valence-corrected chi connectivity index (χ1v) is 13.6. The molecule has 0 fully saturated rings. The lowest BCUT2D eigenvalue weighted by Gasteiger charge is -2.27. The Morgan fingerprint density at radius 3 is 1.52 bits per heavy atom. The number of nitrogens with one attached hydrogen (secondary N) is 2. The molecule has 0 radical (unpaired) electrons. The van der Waals surface area contributed by atoms with Crippen molar-refractivity contribution in [3.63, 3.8) is 0 Å². The maximum atomic E-state index is 12.3. The van der Waals surface area contributed by atoms with Crippen molar-refractivity contribution >= 4 is 42.1 Å². The van der Waals surface area contributed by atoms with E-state index in [9.17, 15) is 38.7 Å². The number of hydrogen-bond acceptors (Lipinski definition) is 10. The number of rotatable bonds is 27. The molecule has 40 heavy (non-hydrogen) atoms. The van der Waals surface area contributed by atoms with Gasteiger partial charge in [-0.2, -0.15) is 0 Å². The summed E-state index contributed by atoms with van der Waals surface area (Å²) in [4.78, 5) is 83.5. The molecule has 0 aliphatic carbocycles. The van der Waals surface area contributed by atoms with Crippen LogP contribution in [0.2, 0.25) is 0 Å². The molecular formula is C26H45N5O9. The van der Waals surface area contributed by atoms with E-state index in [2.05, 4.69) is 10.6 Å². The number of ketones is 1. The molecule has 14 heteroatoms. The second kappa shape index (κ2) is 23.6. The third-order valence-corrected chi connectivity index (χ3v) is 5.90. The van der Waals surface area contributed by atoms with Gasteiger partial charge in [0.25, 0.3) is 0 Å². The molecule has 0 unspecified atom stereocenters. The number of unbranched alkanes of at least 4 members (excludes halogenated alkanes) is 3. The van der Waals surface area contributed by atoms with Crippen LogP contribution in [0.5, 0.6) is 0 Å². The highest BCUT2D eigenvalue weighted by atomic mass is 16.4. The molecule has 0 spiro atoms. The Morgan fingerprint density at radius 1 is 0.600 bits per heavy atom. The minimum absolute atomic E-state index is 0.00884. The SMILES string of the molecule is CC(=O)CCCC(=O)NCCCCCCNC(=O)CN(CC=O)CCN(CCN(CC=O)CC(=O)O)CC(=O)O. The lowest BCUT2D eigenvalue weighted by molar-refractivity contribution is -0.140. The van der Waals surface area contributed by atoms with Gasteiger partial charge in [-0.3, -0.25) is 33.9 Å². The fraction of sp³-hybridized carbons (Fsp3) is 0.731. The zero-order valence-electron chi connectivity index (χ0n) is 23.5. The van der Waals surface area contributed by atoms with Gasteiger partial charge < -0.3 is 35.2 Å². The van der Waals surface area contributed by atoms with Gasteiger partial charge in [-0.25, -0.2) is 0 Å². The number of carbonyl (C=O) groups excluding carboxylic acids is 5. The molecule has 0 aromatic rings. The molecule has 228 valence electrons. The molecule has 2 amide bonds. The van der Waals surface area contributed by atoms with Gasteiger partial charge in [-0.05, 0) is 26.2 Å². The number of carbonyl (C=O) groups is 7. The molecule has 14 nitrogen and oxygen atoms in total. The van der Waals surface area contributed by atoms with E-state index < -0.39 is 11.9 Å². The van der Waals surface area contributed by atoms with Crippen molar-refractivity contribution in [2.75, 3.05) is 72.0 Å². The quantitative estimate of drug-likeness (QED) is 0.0696. The summed E-state index contributed by atoms with van der Waals surface area (Å²) in [5.74, 6) is -2.42. The van der Waals surface area contributed by atoms with Crippen molar-refractivity contribution in [1.82, 2.24) is 25.3 Å². The fourth-order valence-electron chi connectivity index (χ4n) is 3.80. The number of nitrogens with zero attached hydrogens (tertiary/aromatic N) is 3. The van der Waals surface area contributed by atoms with E-state index in [4.69, 9.17) is 5.11 Å². The highest BCUT2D eigenvalue weighted by molar-refractivity contribution is 5.79. The Bertz CT molecular complexity index is 809. The number of aldehydes is 2. The predicted octanol–water partition coefficient (Wildman–Crippen LogP) is -0.988. The summed E-state index contributed by atoms with van der Waals surface area (Å²) in [6, 6.07) is 0. The Kier molecular flexibility index (Phi) is 21.7. The highest BCUT2D eigenvalue weighted by Gasteiger charge is 2.17. The van der Waals surface area contributed by atoms with Gasteiger partial charge in [0.1, 0.15) is 18.4 Å². The van der Waals surface area contributed by atoms with E-state index in [0.29, 0.717) is 44.9 Å². The summed E-state index contributed by atoms with van der Waals surface area (Å²) in [6.45, 7) is 2.56. The average Bonchev–Trinajstić information content (AvgIpc) is 2.86. The van der Waals surface area contributed by atoms with Crippen LogP contribution >= 0.6 is 0 Å². The molecule has 0 saturated carbocycles. The van der Waals surface area contributed by atoms with Crippen molar-refractivity contribution in [3.05, 3.63) is 0 Å². The molecule has 0 atom stereocenters. The van der Waals surface area contributed by atoms with Crippen molar-refractivity contribution in [3.8, 4) is 0 Å². The van der Waals surface area contributed by atoms with Gasteiger partial charge in [0.05, 0.1) is 32.7 Å². The first kappa shape index (κ1) is 36.8. The number of carboxylic acid groups (broad SMARTS) is 2. The third-order valence-electron chi connectivity index (χ3n) is 5.90. The Labute approximate surface area is 235 Å². The molecule has 0 aromatic heterocycles. The van der Waals surface area contributed by atoms with Gasteiger partial charge in [0.2, 0.25) is 11.8 Å². The van der Waals surface area contributed by atoms with Crippen LogP contribution in [-0.4, -0.2) is 139 Å². The number of hydrogen-bond donors (Lipinski definition) is 4. The summed E-state index contributed by atoms with van der Waals surface area (Å²) in [5, 5.41) is 23.8. The van der Waals surface area contributed by atoms with Crippen molar-refractivity contribution in [2.45, 2.75) is 51.9 Å². The molecular weight excluding hydrogens is 526 g/mol. The Morgan fingerprint density at radius 2 is 1.05 bits per heavy atom. The van der Waals surface area contributed by atoms with Crippen molar-refractivity contribution in [1.29, 1.82) is 0 Å². The summed E-state index contributed by atoms with van der Waals surface area (Å²) in [5.41, 5.74) is 0. The van der Waals surface area contributed by atoms with Gasteiger partial charge in [-0.1, -0.05) is 12.8 Å². The van der Waals surface area contributed by atoms with Gasteiger partial charge in [-0.15, -0.1) is 0 Å². The lowest BCUT2D eigenvalue weighted by Crippen LogP contribution is -2.45. The summed E-state index contributed by atoms with van der Waals surface area (Å²) in [6.07, 6.45) is 5.88. The average molecular weight is 572 g/mol. The summed E-state index contributed by atoms with van der Waals surface area (Å²) >= 11 is 0. The first-order chi connectivity index (χ1) is 19.1. The van der Waals surface area contributed by atoms with Crippen LogP contribution in [0.15, 0.2) is 0 Å². The van der Waals surface area contributed by atoms with Crippen molar-refractivity contribution in [2.24, 2.45) is 0 Å². The maximum absolute atomic E-state index is 12.3. The van der Waals surface area contributed by atoms with Crippen molar-refractivity contribution < 1.29 is 43.8 Å². The molecule has 4 N–H and O–H groups in total. The maximum Gasteiger partial charge on any atom is 0.317 e. The highest BCUT2D eigenvalue weighted by Crippen LogP contribution is 2.00. The van der Waals surface area contributed by atoms with E-state index in [1.54, 1.807) is 9.80 Å². The van der Waals surface area contributed by atoms with Gasteiger partial charge >= 0.3 is 11.9 Å². The van der Waals surface area contributed by atoms with Crippen LogP contribution in [0, 0.1) is 0 Å². The Hall–Kier alpha value is -3.23. The van der Waals surface area contributed by atoms with Crippen LogP contribution in [0.4, 0.5) is 0 Å². The topological polar surface area (TPSA) is 194 Å². The predicted molar refractivity (Wildman–Crippen MR) is 146 cm³/mol. The number of amides is 2. The normalized spacial score (nSPS) is 11.0. The molecule has 0 bridgehead atoms. The van der Waals surface area contributed by atoms with E-state index >= 15 is 0 Å². The number of Topliss-reactive ketones (excluding diaryl/α,β-unsaturated/α-hetero) is 1. The zero-order chi connectivity index (χ0) is 30.2. The summed E-state index contributed by atoms with van der Waals surface area (Å²) in [7, 11) is 0. The summed E-state index contributed by atoms with van der Waals surface area (Å²) < 4.78 is 0. The lowest BCUT2D eigenvalue weighted by atomic mass is 10.1. The van der Waals surface area contributed by atoms with Crippen LogP contribution in [0.25, 0.3) is 0 Å². The largest absolute Gasteiger partial charge is 0.480 e. The molecule has 0 aliphatic heterocycles. The molecule has 0 aliphatic rings. The Balaban J connectivity index is 4.32. The second-order valence-corrected chi connectivity index (χ2v) is 9.54. The third kappa shape index (κ3) is 22.7. The first-order valence-electron chi connectivity index (χ1n) is 13.6. The van der Waals surface area contributed by atoms with E-state index in [0.717, 1.165) is 25.7 Å². The zero-order valence-corrected chi connectivity index (χ0v) is 23.5. The van der Waals surface area contributed by atoms with Crippen LogP contribution < -0.4 is 10.6 Å². The minimum Gasteiger partial charge on any atom is -0.480 e. The second-order valence-electron chi connectivity index (χ2n) is 9.54. The van der Waals surface area contributed by atoms with E-state index in [1.165, 1.54) is 11.8 Å². The molecule has 0 heterocycles. The monoisotopic (exact) mass is 571 g/mol. The number of aliphatic carboxylic acids is 2. The van der Waals surface area contributed by atoms with Crippen LogP contribution in [-0.2, 0) is 33.6 Å². The van der Waals surface area contributed by atoms with E-state index in [-0.39, 0.29) is 76.5 Å². The van der Waals surface area contributed by atoms with Gasteiger partial charge in [0.15, 0.2) is 0 Å². The fourth-order valence-corrected chi connectivity index (χ4v) is 3.80. The number of carboxylic acids is 2. The molecule has 0 aromatic carbocycles. The molecule has 0 saturated heterocycles. The standard InChI is InChI=1S/C26H45N5O9/c1-22(34)7-6-8-23(35)27-9-4-2-3-5-10-28-24(36)19-30(15-17-32)13-11-29(20-25(37)38)12-14-31(16-18-33)21-26(39)40/h17-18H,2-16,19-21H2,1H3,(H,27,35)(H,28,36)(H,37,38)(H,39,40). The smallest absolute Gasteiger partial charge is 0.317 e. The molecule has 0 rings (SSSR count).